The summed E-state index contributed by atoms with van der Waals surface area (Å²) >= 11 is 0. The Hall–Kier alpha value is -1.48. The van der Waals surface area contributed by atoms with Gasteiger partial charge in [0.25, 0.3) is 0 Å². The van der Waals surface area contributed by atoms with Gasteiger partial charge in [0.15, 0.2) is 11.5 Å². The van der Waals surface area contributed by atoms with Crippen LogP contribution in [0.2, 0.25) is 0 Å². The van der Waals surface area contributed by atoms with E-state index in [1.165, 1.54) is 11.1 Å². The number of hydrogen-bond acceptors (Lipinski definition) is 3. The standard InChI is InChI=1S/C21H32O3/c1-5-21(4,22)13-7-10-18(16(2)3)9-6-8-17-11-12-19-20(14-17)24-15-23-19/h9,11-12,14,16,22H,5-8,10,13,15H2,1-4H3. The lowest BCUT2D eigenvalue weighted by atomic mass is 9.91. The molecule has 0 saturated carbocycles. The molecule has 134 valence electrons. The lowest BCUT2D eigenvalue weighted by Crippen LogP contribution is -2.22. The first-order valence-electron chi connectivity index (χ1n) is 9.21. The molecule has 0 bridgehead atoms. The van der Waals surface area contributed by atoms with Gasteiger partial charge in [0.2, 0.25) is 6.79 Å². The molecule has 1 aromatic carbocycles. The highest BCUT2D eigenvalue weighted by molar-refractivity contribution is 5.44. The van der Waals surface area contributed by atoms with Crippen LogP contribution in [0, 0.1) is 5.92 Å². The first-order chi connectivity index (χ1) is 11.4. The predicted molar refractivity (Wildman–Crippen MR) is 98.6 cm³/mol. The maximum atomic E-state index is 10.1. The minimum atomic E-state index is -0.519. The molecule has 0 aliphatic carbocycles. The molecule has 3 heteroatoms. The highest BCUT2D eigenvalue weighted by atomic mass is 16.7. The highest BCUT2D eigenvalue weighted by Crippen LogP contribution is 2.33. The summed E-state index contributed by atoms with van der Waals surface area (Å²) in [5, 5.41) is 10.1. The van der Waals surface area contributed by atoms with Gasteiger partial charge in [-0.2, -0.15) is 0 Å². The van der Waals surface area contributed by atoms with Crippen LogP contribution in [0.1, 0.15) is 65.4 Å². The van der Waals surface area contributed by atoms with E-state index in [0.717, 1.165) is 50.0 Å². The van der Waals surface area contributed by atoms with Crippen LogP contribution in [-0.2, 0) is 6.42 Å². The molecule has 0 fully saturated rings. The molecular weight excluding hydrogens is 300 g/mol. The van der Waals surface area contributed by atoms with Gasteiger partial charge in [-0.15, -0.1) is 0 Å². The summed E-state index contributed by atoms with van der Waals surface area (Å²) in [5.74, 6) is 2.27. The minimum Gasteiger partial charge on any atom is -0.454 e. The number of aryl methyl sites for hydroxylation is 1. The van der Waals surface area contributed by atoms with E-state index in [1.54, 1.807) is 0 Å². The molecule has 1 aliphatic rings. The zero-order chi connectivity index (χ0) is 17.6. The van der Waals surface area contributed by atoms with E-state index >= 15 is 0 Å². The van der Waals surface area contributed by atoms with Crippen molar-refractivity contribution in [3.8, 4) is 11.5 Å². The van der Waals surface area contributed by atoms with Crippen molar-refractivity contribution in [1.82, 2.24) is 0 Å². The maximum Gasteiger partial charge on any atom is 0.231 e. The molecule has 1 aliphatic heterocycles. The third kappa shape index (κ3) is 5.55. The molecule has 1 atom stereocenters. The van der Waals surface area contributed by atoms with Crippen molar-refractivity contribution in [1.29, 1.82) is 0 Å². The SMILES string of the molecule is CCC(C)(O)CCCC(=CCCc1ccc2c(c1)OCO2)C(C)C. The molecule has 1 unspecified atom stereocenters. The topological polar surface area (TPSA) is 38.7 Å². The molecule has 1 heterocycles. The van der Waals surface area contributed by atoms with Gasteiger partial charge in [-0.25, -0.2) is 0 Å². The van der Waals surface area contributed by atoms with Gasteiger partial charge in [0.05, 0.1) is 5.60 Å². The van der Waals surface area contributed by atoms with Crippen LogP contribution in [0.25, 0.3) is 0 Å². The molecule has 0 saturated heterocycles. The molecule has 24 heavy (non-hydrogen) atoms. The van der Waals surface area contributed by atoms with Crippen LogP contribution in [-0.4, -0.2) is 17.5 Å². The molecule has 0 aromatic heterocycles. The normalized spacial score (nSPS) is 16.5. The van der Waals surface area contributed by atoms with Crippen molar-refractivity contribution in [3.05, 3.63) is 35.4 Å². The Labute approximate surface area is 146 Å². The van der Waals surface area contributed by atoms with Crippen molar-refractivity contribution in [2.75, 3.05) is 6.79 Å². The van der Waals surface area contributed by atoms with Crippen LogP contribution in [0.3, 0.4) is 0 Å². The average Bonchev–Trinajstić information content (AvgIpc) is 3.00. The summed E-state index contributed by atoms with van der Waals surface area (Å²) < 4.78 is 10.8. The Balaban J connectivity index is 1.84. The van der Waals surface area contributed by atoms with E-state index in [4.69, 9.17) is 9.47 Å². The summed E-state index contributed by atoms with van der Waals surface area (Å²) in [6.45, 7) is 8.82. The largest absolute Gasteiger partial charge is 0.454 e. The second-order valence-corrected chi connectivity index (χ2v) is 7.36. The Bertz CT molecular complexity index is 558. The first kappa shape index (κ1) is 18.9. The van der Waals surface area contributed by atoms with Gasteiger partial charge in [-0.05, 0) is 69.1 Å². The van der Waals surface area contributed by atoms with Crippen molar-refractivity contribution >= 4 is 0 Å². The summed E-state index contributed by atoms with van der Waals surface area (Å²) in [6.07, 6.45) is 8.25. The lowest BCUT2D eigenvalue weighted by Gasteiger charge is -2.22. The van der Waals surface area contributed by atoms with Gasteiger partial charge < -0.3 is 14.6 Å². The fourth-order valence-electron chi connectivity index (χ4n) is 3.00. The Morgan fingerprint density at radius 1 is 1.29 bits per heavy atom. The minimum absolute atomic E-state index is 0.331. The summed E-state index contributed by atoms with van der Waals surface area (Å²) in [5.41, 5.74) is 2.27. The summed E-state index contributed by atoms with van der Waals surface area (Å²) in [4.78, 5) is 0. The van der Waals surface area contributed by atoms with E-state index in [0.29, 0.717) is 12.7 Å². The van der Waals surface area contributed by atoms with Crippen LogP contribution < -0.4 is 9.47 Å². The number of ether oxygens (including phenoxy) is 2. The van der Waals surface area contributed by atoms with Crippen molar-refractivity contribution in [2.45, 2.75) is 71.8 Å². The predicted octanol–water partition coefficient (Wildman–Crippen LogP) is 5.26. The summed E-state index contributed by atoms with van der Waals surface area (Å²) in [6, 6.07) is 6.20. The van der Waals surface area contributed by atoms with Crippen LogP contribution >= 0.6 is 0 Å². The van der Waals surface area contributed by atoms with E-state index in [9.17, 15) is 5.11 Å². The van der Waals surface area contributed by atoms with E-state index in [1.807, 2.05) is 19.9 Å². The van der Waals surface area contributed by atoms with E-state index in [-0.39, 0.29) is 0 Å². The first-order valence-corrected chi connectivity index (χ1v) is 9.21. The number of fused-ring (bicyclic) bond motifs is 1. The monoisotopic (exact) mass is 332 g/mol. The van der Waals surface area contributed by atoms with Gasteiger partial charge >= 0.3 is 0 Å². The molecule has 0 spiro atoms. The zero-order valence-corrected chi connectivity index (χ0v) is 15.6. The smallest absolute Gasteiger partial charge is 0.231 e. The fourth-order valence-corrected chi connectivity index (χ4v) is 3.00. The quantitative estimate of drug-likeness (QED) is 0.627. The van der Waals surface area contributed by atoms with Crippen molar-refractivity contribution in [2.24, 2.45) is 5.92 Å². The molecular formula is C21H32O3. The third-order valence-corrected chi connectivity index (χ3v) is 4.96. The maximum absolute atomic E-state index is 10.1. The van der Waals surface area contributed by atoms with Gasteiger partial charge in [0, 0.05) is 0 Å². The second-order valence-electron chi connectivity index (χ2n) is 7.36. The highest BCUT2D eigenvalue weighted by Gasteiger charge is 2.17. The number of aliphatic hydroxyl groups is 1. The molecule has 3 nitrogen and oxygen atoms in total. The fraction of sp³-hybridized carbons (Fsp3) is 0.619. The van der Waals surface area contributed by atoms with Crippen LogP contribution in [0.5, 0.6) is 11.5 Å². The molecule has 1 aromatic rings. The number of rotatable bonds is 9. The van der Waals surface area contributed by atoms with Gasteiger partial charge in [0.1, 0.15) is 0 Å². The molecule has 0 amide bonds. The second kappa shape index (κ2) is 8.57. The lowest BCUT2D eigenvalue weighted by molar-refractivity contribution is 0.0449. The summed E-state index contributed by atoms with van der Waals surface area (Å²) in [7, 11) is 0. The molecule has 1 N–H and O–H groups in total. The van der Waals surface area contributed by atoms with Gasteiger partial charge in [-0.1, -0.05) is 38.5 Å². The van der Waals surface area contributed by atoms with Crippen molar-refractivity contribution < 1.29 is 14.6 Å². The third-order valence-electron chi connectivity index (χ3n) is 4.96. The zero-order valence-electron chi connectivity index (χ0n) is 15.6. The number of benzene rings is 1. The molecule has 2 rings (SSSR count). The van der Waals surface area contributed by atoms with Crippen LogP contribution in [0.4, 0.5) is 0 Å². The Kier molecular flexibility index (Phi) is 6.73. The number of hydrogen-bond donors (Lipinski definition) is 1. The van der Waals surface area contributed by atoms with Crippen LogP contribution in [0.15, 0.2) is 29.8 Å². The van der Waals surface area contributed by atoms with E-state index < -0.39 is 5.60 Å². The Morgan fingerprint density at radius 3 is 2.75 bits per heavy atom. The number of allylic oxidation sites excluding steroid dienone is 2. The van der Waals surface area contributed by atoms with E-state index in [2.05, 4.69) is 32.1 Å². The Morgan fingerprint density at radius 2 is 2.04 bits per heavy atom. The molecule has 0 radical (unpaired) electrons. The van der Waals surface area contributed by atoms with Crippen molar-refractivity contribution in [3.63, 3.8) is 0 Å². The average molecular weight is 332 g/mol. The van der Waals surface area contributed by atoms with Gasteiger partial charge in [-0.3, -0.25) is 0 Å².